The Morgan fingerprint density at radius 2 is 1.62 bits per heavy atom. The van der Waals surface area contributed by atoms with E-state index < -0.39 is 43.5 Å². The van der Waals surface area contributed by atoms with E-state index in [2.05, 4.69) is 15.9 Å². The van der Waals surface area contributed by atoms with Crippen molar-refractivity contribution in [2.45, 2.75) is 17.0 Å². The predicted molar refractivity (Wildman–Crippen MR) is 103 cm³/mol. The molecule has 140 valence electrons. The second-order valence-electron chi connectivity index (χ2n) is 6.06. The summed E-state index contributed by atoms with van der Waals surface area (Å²) in [5.41, 5.74) is 6.35. The average Bonchev–Trinajstić information content (AvgIpc) is 2.82. The lowest BCUT2D eigenvalue weighted by molar-refractivity contribution is 0.184. The summed E-state index contributed by atoms with van der Waals surface area (Å²) < 4.78 is 52.1. The van der Waals surface area contributed by atoms with E-state index in [9.17, 15) is 21.9 Å². The first-order valence-corrected chi connectivity index (χ1v) is 11.7. The number of nitrogen functional groups attached to an aromatic ring is 1. The number of sulfonamides is 1. The van der Waals surface area contributed by atoms with Gasteiger partial charge in [0.05, 0.1) is 34.2 Å². The van der Waals surface area contributed by atoms with Crippen molar-refractivity contribution in [2.24, 2.45) is 0 Å². The number of rotatable bonds is 4. The molecule has 0 saturated carbocycles. The number of hydrogen-bond acceptors (Lipinski definition) is 6. The third-order valence-corrected chi connectivity index (χ3v) is 8.21. The third-order valence-electron chi connectivity index (χ3n) is 4.11. The highest BCUT2D eigenvalue weighted by atomic mass is 79.9. The van der Waals surface area contributed by atoms with Crippen LogP contribution < -0.4 is 10.0 Å². The van der Waals surface area contributed by atoms with Gasteiger partial charge in [-0.25, -0.2) is 16.8 Å². The first-order chi connectivity index (χ1) is 12.1. The summed E-state index contributed by atoms with van der Waals surface area (Å²) in [4.78, 5) is -0.00553. The van der Waals surface area contributed by atoms with Crippen molar-refractivity contribution in [2.75, 3.05) is 21.5 Å². The van der Waals surface area contributed by atoms with Crippen LogP contribution in [0.5, 0.6) is 0 Å². The lowest BCUT2D eigenvalue weighted by atomic mass is 10.2. The van der Waals surface area contributed by atoms with Crippen molar-refractivity contribution in [1.29, 1.82) is 0 Å². The van der Waals surface area contributed by atoms with E-state index in [1.54, 1.807) is 12.1 Å². The van der Waals surface area contributed by atoms with Crippen molar-refractivity contribution in [3.05, 3.63) is 53.0 Å². The summed E-state index contributed by atoms with van der Waals surface area (Å²) in [5, 5.41) is 10.2. The number of benzene rings is 2. The molecule has 0 amide bonds. The molecule has 1 aliphatic rings. The van der Waals surface area contributed by atoms with Gasteiger partial charge in [0.2, 0.25) is 0 Å². The summed E-state index contributed by atoms with van der Waals surface area (Å²) >= 11 is 3.25. The van der Waals surface area contributed by atoms with Gasteiger partial charge >= 0.3 is 0 Å². The number of hydrogen-bond donors (Lipinski definition) is 2. The molecule has 3 N–H and O–H groups in total. The smallest absolute Gasteiger partial charge is 0.264 e. The first-order valence-electron chi connectivity index (χ1n) is 7.64. The van der Waals surface area contributed by atoms with Gasteiger partial charge in [0.25, 0.3) is 10.0 Å². The normalized spacial score (nSPS) is 22.2. The zero-order valence-corrected chi connectivity index (χ0v) is 16.7. The summed E-state index contributed by atoms with van der Waals surface area (Å²) in [6.07, 6.45) is -1.32. The minimum absolute atomic E-state index is 0.00553. The number of nitrogens with two attached hydrogens (primary N) is 1. The topological polar surface area (TPSA) is 118 Å². The summed E-state index contributed by atoms with van der Waals surface area (Å²) in [6.45, 7) is 0. The number of aliphatic hydroxyl groups is 1. The zero-order chi connectivity index (χ0) is 19.1. The zero-order valence-electron chi connectivity index (χ0n) is 13.5. The number of anilines is 2. The Bertz CT molecular complexity index is 1010. The van der Waals surface area contributed by atoms with Crippen LogP contribution >= 0.6 is 15.9 Å². The molecule has 0 radical (unpaired) electrons. The van der Waals surface area contributed by atoms with Crippen LogP contribution in [-0.2, 0) is 19.9 Å². The number of nitrogens with zero attached hydrogens (tertiary/aromatic N) is 1. The van der Waals surface area contributed by atoms with Gasteiger partial charge in [0.1, 0.15) is 0 Å². The molecular formula is C16H17BrN2O5S2. The minimum Gasteiger partial charge on any atom is -0.399 e. The van der Waals surface area contributed by atoms with Gasteiger partial charge in [-0.05, 0) is 48.5 Å². The van der Waals surface area contributed by atoms with E-state index in [0.717, 1.165) is 4.31 Å². The highest BCUT2D eigenvalue weighted by Gasteiger charge is 2.45. The molecule has 0 unspecified atom stereocenters. The minimum atomic E-state index is -4.10. The summed E-state index contributed by atoms with van der Waals surface area (Å²) in [7, 11) is -7.65. The van der Waals surface area contributed by atoms with Crippen LogP contribution in [0.2, 0.25) is 0 Å². The van der Waals surface area contributed by atoms with Crippen LogP contribution in [0.4, 0.5) is 11.4 Å². The van der Waals surface area contributed by atoms with Gasteiger partial charge in [-0.15, -0.1) is 0 Å². The molecule has 3 rings (SSSR count). The maximum Gasteiger partial charge on any atom is 0.264 e. The van der Waals surface area contributed by atoms with Crippen molar-refractivity contribution >= 4 is 47.2 Å². The molecule has 2 atom stereocenters. The quantitative estimate of drug-likeness (QED) is 0.665. The summed E-state index contributed by atoms with van der Waals surface area (Å²) in [5.74, 6) is -0.923. The van der Waals surface area contributed by atoms with Crippen LogP contribution in [0.3, 0.4) is 0 Å². The van der Waals surface area contributed by atoms with Gasteiger partial charge in [0.15, 0.2) is 9.84 Å². The number of halogens is 1. The first kappa shape index (κ1) is 19.2. The Balaban J connectivity index is 2.14. The second kappa shape index (κ2) is 6.84. The SMILES string of the molecule is Nc1ccc(N([C@@H]2CS(=O)(=O)C[C@@H]2O)S(=O)(=O)c2ccc(Br)cc2)cc1. The molecule has 2 aromatic carbocycles. The van der Waals surface area contributed by atoms with Gasteiger partial charge in [-0.2, -0.15) is 0 Å². The van der Waals surface area contributed by atoms with Crippen LogP contribution in [-0.4, -0.2) is 45.6 Å². The van der Waals surface area contributed by atoms with E-state index in [4.69, 9.17) is 5.73 Å². The van der Waals surface area contributed by atoms with Crippen LogP contribution in [0.15, 0.2) is 57.9 Å². The molecule has 0 aliphatic carbocycles. The van der Waals surface area contributed by atoms with Gasteiger partial charge in [-0.3, -0.25) is 4.31 Å². The standard InChI is InChI=1S/C16H17BrN2O5S2/c17-11-1-7-14(8-2-11)26(23,24)19(13-5-3-12(18)4-6-13)15-9-25(21,22)10-16(15)20/h1-8,15-16,20H,9-10,18H2/t15-,16+/m1/s1. The average molecular weight is 461 g/mol. The van der Waals surface area contributed by atoms with E-state index in [-0.39, 0.29) is 10.6 Å². The van der Waals surface area contributed by atoms with Gasteiger partial charge in [-0.1, -0.05) is 15.9 Å². The second-order valence-corrected chi connectivity index (χ2v) is 10.9. The molecule has 26 heavy (non-hydrogen) atoms. The molecule has 0 bridgehead atoms. The Morgan fingerprint density at radius 1 is 1.04 bits per heavy atom. The van der Waals surface area contributed by atoms with Crippen molar-refractivity contribution < 1.29 is 21.9 Å². The molecular weight excluding hydrogens is 444 g/mol. The monoisotopic (exact) mass is 460 g/mol. The Labute approximate surface area is 160 Å². The Kier molecular flexibility index (Phi) is 5.04. The van der Waals surface area contributed by atoms with Crippen LogP contribution in [0.25, 0.3) is 0 Å². The largest absolute Gasteiger partial charge is 0.399 e. The molecule has 1 fully saturated rings. The molecule has 0 spiro atoms. The van der Waals surface area contributed by atoms with Crippen LogP contribution in [0.1, 0.15) is 0 Å². The molecule has 2 aromatic rings. The van der Waals surface area contributed by atoms with Crippen LogP contribution in [0, 0.1) is 0 Å². The van der Waals surface area contributed by atoms with E-state index >= 15 is 0 Å². The lowest BCUT2D eigenvalue weighted by Gasteiger charge is -2.31. The fourth-order valence-corrected chi connectivity index (χ4v) is 6.69. The molecule has 1 heterocycles. The molecule has 0 aromatic heterocycles. The third kappa shape index (κ3) is 3.73. The Hall–Kier alpha value is -1.62. The number of sulfone groups is 1. The predicted octanol–water partition coefficient (Wildman–Crippen LogP) is 1.38. The molecule has 7 nitrogen and oxygen atoms in total. The van der Waals surface area contributed by atoms with Gasteiger partial charge in [0, 0.05) is 10.2 Å². The fraction of sp³-hybridized carbons (Fsp3) is 0.250. The van der Waals surface area contributed by atoms with E-state index in [1.165, 1.54) is 36.4 Å². The Morgan fingerprint density at radius 3 is 2.12 bits per heavy atom. The van der Waals surface area contributed by atoms with E-state index in [1.807, 2.05) is 0 Å². The maximum atomic E-state index is 13.2. The lowest BCUT2D eigenvalue weighted by Crippen LogP contribution is -2.47. The molecule has 1 saturated heterocycles. The molecule has 10 heteroatoms. The molecule has 1 aliphatic heterocycles. The van der Waals surface area contributed by atoms with Gasteiger partial charge < -0.3 is 10.8 Å². The number of aliphatic hydroxyl groups excluding tert-OH is 1. The highest BCUT2D eigenvalue weighted by Crippen LogP contribution is 2.32. The van der Waals surface area contributed by atoms with E-state index in [0.29, 0.717) is 10.2 Å². The van der Waals surface area contributed by atoms with Crippen molar-refractivity contribution in [1.82, 2.24) is 0 Å². The maximum absolute atomic E-state index is 13.2. The summed E-state index contributed by atoms with van der Waals surface area (Å²) in [6, 6.07) is 10.9. The fourth-order valence-electron chi connectivity index (χ4n) is 2.88. The van der Waals surface area contributed by atoms with Crippen molar-refractivity contribution in [3.63, 3.8) is 0 Å². The highest BCUT2D eigenvalue weighted by molar-refractivity contribution is 9.10. The van der Waals surface area contributed by atoms with Crippen molar-refractivity contribution in [3.8, 4) is 0 Å².